The molecule has 8 heteroatoms. The van der Waals surface area contributed by atoms with Crippen LogP contribution in [0.4, 0.5) is 0 Å². The van der Waals surface area contributed by atoms with Crippen LogP contribution in [0.1, 0.15) is 11.3 Å². The summed E-state index contributed by atoms with van der Waals surface area (Å²) in [6.45, 7) is 1.68. The number of thiazole rings is 1. The van der Waals surface area contributed by atoms with Gasteiger partial charge >= 0.3 is 0 Å². The highest BCUT2D eigenvalue weighted by molar-refractivity contribution is 7.13. The Bertz CT molecular complexity index is 794. The third-order valence-electron chi connectivity index (χ3n) is 3.92. The summed E-state index contributed by atoms with van der Waals surface area (Å²) in [6, 6.07) is 12.0. The van der Waals surface area contributed by atoms with Crippen LogP contribution >= 0.6 is 36.2 Å². The summed E-state index contributed by atoms with van der Waals surface area (Å²) in [5.41, 5.74) is 8.62. The number of carbonyl (C=O) groups is 1. The largest absolute Gasteiger partial charge is 0.472 e. The predicted octanol–water partition coefficient (Wildman–Crippen LogP) is 3.82. The van der Waals surface area contributed by atoms with Gasteiger partial charge in [0.2, 0.25) is 5.91 Å². The van der Waals surface area contributed by atoms with Gasteiger partial charge in [0.05, 0.1) is 18.4 Å². The van der Waals surface area contributed by atoms with Gasteiger partial charge in [0.1, 0.15) is 11.3 Å². The first kappa shape index (κ1) is 23.2. The van der Waals surface area contributed by atoms with Crippen LogP contribution in [0.5, 0.6) is 0 Å². The number of aromatic nitrogens is 1. The average molecular weight is 428 g/mol. The summed E-state index contributed by atoms with van der Waals surface area (Å²) in [4.78, 5) is 19.0. The highest BCUT2D eigenvalue weighted by Crippen LogP contribution is 2.24. The highest BCUT2D eigenvalue weighted by atomic mass is 35.5. The lowest BCUT2D eigenvalue weighted by Crippen LogP contribution is -2.37. The predicted molar refractivity (Wildman–Crippen MR) is 114 cm³/mol. The van der Waals surface area contributed by atoms with Crippen molar-refractivity contribution in [2.24, 2.45) is 5.73 Å². The number of halogens is 2. The lowest BCUT2D eigenvalue weighted by atomic mass is 10.1. The molecule has 2 aromatic heterocycles. The first-order valence-corrected chi connectivity index (χ1v) is 9.13. The van der Waals surface area contributed by atoms with Gasteiger partial charge in [-0.1, -0.05) is 30.3 Å². The molecule has 0 saturated heterocycles. The molecular weight excluding hydrogens is 405 g/mol. The van der Waals surface area contributed by atoms with Gasteiger partial charge in [-0.3, -0.25) is 4.79 Å². The van der Waals surface area contributed by atoms with Crippen LogP contribution in [0.25, 0.3) is 10.6 Å². The van der Waals surface area contributed by atoms with Crippen molar-refractivity contribution in [3.8, 4) is 10.6 Å². The van der Waals surface area contributed by atoms with E-state index in [4.69, 9.17) is 10.2 Å². The SMILES string of the molecule is Cl.Cl.NCCN(CCc1ccccc1)C(=O)Cc1csc(-c2ccoc2)n1. The number of amides is 1. The molecule has 3 aromatic rings. The van der Waals surface area contributed by atoms with E-state index in [1.807, 2.05) is 34.5 Å². The first-order chi connectivity index (χ1) is 12.3. The van der Waals surface area contributed by atoms with Gasteiger partial charge in [0.25, 0.3) is 0 Å². The van der Waals surface area contributed by atoms with Gasteiger partial charge in [-0.05, 0) is 18.1 Å². The van der Waals surface area contributed by atoms with Crippen LogP contribution in [0.3, 0.4) is 0 Å². The van der Waals surface area contributed by atoms with E-state index in [1.165, 1.54) is 16.9 Å². The number of benzene rings is 1. The van der Waals surface area contributed by atoms with Crippen molar-refractivity contribution in [2.75, 3.05) is 19.6 Å². The van der Waals surface area contributed by atoms with Crippen molar-refractivity contribution in [3.63, 3.8) is 0 Å². The van der Waals surface area contributed by atoms with Crippen molar-refractivity contribution in [1.29, 1.82) is 0 Å². The van der Waals surface area contributed by atoms with Crippen molar-refractivity contribution < 1.29 is 9.21 Å². The monoisotopic (exact) mass is 427 g/mol. The Labute approximate surface area is 175 Å². The Kier molecular flexibility index (Phi) is 10.1. The zero-order chi connectivity index (χ0) is 17.5. The number of nitrogens with zero attached hydrogens (tertiary/aromatic N) is 2. The Hall–Kier alpha value is -1.86. The topological polar surface area (TPSA) is 72.4 Å². The number of hydrogen-bond donors (Lipinski definition) is 1. The maximum atomic E-state index is 12.6. The fraction of sp³-hybridized carbons (Fsp3) is 0.263. The fourth-order valence-corrected chi connectivity index (χ4v) is 3.41. The molecule has 0 atom stereocenters. The molecule has 5 nitrogen and oxygen atoms in total. The molecule has 0 bridgehead atoms. The number of rotatable bonds is 8. The normalized spacial score (nSPS) is 9.96. The van der Waals surface area contributed by atoms with Crippen molar-refractivity contribution in [2.45, 2.75) is 12.8 Å². The molecule has 0 aliphatic heterocycles. The summed E-state index contributed by atoms with van der Waals surface area (Å²) in [7, 11) is 0. The zero-order valence-corrected chi connectivity index (χ0v) is 17.2. The van der Waals surface area contributed by atoms with Crippen molar-refractivity contribution in [3.05, 3.63) is 65.6 Å². The molecule has 0 unspecified atom stereocenters. The van der Waals surface area contributed by atoms with Crippen molar-refractivity contribution >= 4 is 42.1 Å². The van der Waals surface area contributed by atoms with E-state index in [0.29, 0.717) is 26.1 Å². The van der Waals surface area contributed by atoms with Gasteiger partial charge < -0.3 is 15.1 Å². The van der Waals surface area contributed by atoms with E-state index in [-0.39, 0.29) is 30.7 Å². The molecule has 2 heterocycles. The van der Waals surface area contributed by atoms with E-state index in [9.17, 15) is 4.79 Å². The standard InChI is InChI=1S/C19H21N3O2S.2ClH/c20-8-10-22(9-6-15-4-2-1-3-5-15)18(23)12-17-14-25-19(21-17)16-7-11-24-13-16;;/h1-5,7,11,13-14H,6,8-10,12,20H2;2*1H. The summed E-state index contributed by atoms with van der Waals surface area (Å²) in [5.74, 6) is 0.0606. The lowest BCUT2D eigenvalue weighted by Gasteiger charge is -2.21. The molecule has 0 fully saturated rings. The van der Waals surface area contributed by atoms with Crippen LogP contribution in [0, 0.1) is 0 Å². The molecule has 0 aliphatic carbocycles. The number of nitrogens with two attached hydrogens (primary N) is 1. The van der Waals surface area contributed by atoms with Crippen LogP contribution in [-0.4, -0.2) is 35.4 Å². The molecule has 2 N–H and O–H groups in total. The van der Waals surface area contributed by atoms with Gasteiger partial charge in [-0.25, -0.2) is 4.98 Å². The molecule has 0 aliphatic rings. The second-order valence-corrected chi connectivity index (χ2v) is 6.60. The number of hydrogen-bond acceptors (Lipinski definition) is 5. The molecule has 3 rings (SSSR count). The minimum Gasteiger partial charge on any atom is -0.472 e. The highest BCUT2D eigenvalue weighted by Gasteiger charge is 2.16. The molecule has 0 saturated carbocycles. The first-order valence-electron chi connectivity index (χ1n) is 8.25. The second kappa shape index (κ2) is 11.8. The van der Waals surface area contributed by atoms with Crippen LogP contribution in [-0.2, 0) is 17.6 Å². The van der Waals surface area contributed by atoms with Gasteiger partial charge in [-0.15, -0.1) is 36.2 Å². The summed E-state index contributed by atoms with van der Waals surface area (Å²) >= 11 is 1.52. The molecule has 0 radical (unpaired) electrons. The maximum absolute atomic E-state index is 12.6. The quantitative estimate of drug-likeness (QED) is 0.592. The lowest BCUT2D eigenvalue weighted by molar-refractivity contribution is -0.130. The Morgan fingerprint density at radius 3 is 2.59 bits per heavy atom. The van der Waals surface area contributed by atoms with Crippen LogP contribution in [0.2, 0.25) is 0 Å². The van der Waals surface area contributed by atoms with Crippen LogP contribution in [0.15, 0.2) is 58.7 Å². The summed E-state index contributed by atoms with van der Waals surface area (Å²) < 4.78 is 5.08. The molecule has 1 amide bonds. The number of furan rings is 1. The fourth-order valence-electron chi connectivity index (χ4n) is 2.60. The van der Waals surface area contributed by atoms with E-state index >= 15 is 0 Å². The van der Waals surface area contributed by atoms with E-state index in [2.05, 4.69) is 17.1 Å². The van der Waals surface area contributed by atoms with Gasteiger partial charge in [0, 0.05) is 30.6 Å². The number of carbonyl (C=O) groups excluding carboxylic acids is 1. The smallest absolute Gasteiger partial charge is 0.228 e. The minimum atomic E-state index is 0. The molecule has 27 heavy (non-hydrogen) atoms. The molecule has 146 valence electrons. The van der Waals surface area contributed by atoms with E-state index in [1.54, 1.807) is 12.5 Å². The van der Waals surface area contributed by atoms with Gasteiger partial charge in [0.15, 0.2) is 0 Å². The molecule has 1 aromatic carbocycles. The van der Waals surface area contributed by atoms with E-state index in [0.717, 1.165) is 22.7 Å². The minimum absolute atomic E-state index is 0. The van der Waals surface area contributed by atoms with Gasteiger partial charge in [-0.2, -0.15) is 0 Å². The van der Waals surface area contributed by atoms with Crippen LogP contribution < -0.4 is 5.73 Å². The Morgan fingerprint density at radius 1 is 1.15 bits per heavy atom. The van der Waals surface area contributed by atoms with Crippen molar-refractivity contribution in [1.82, 2.24) is 9.88 Å². The third-order valence-corrected chi connectivity index (χ3v) is 4.86. The Balaban J connectivity index is 0.00000182. The second-order valence-electron chi connectivity index (χ2n) is 5.74. The van der Waals surface area contributed by atoms with E-state index < -0.39 is 0 Å². The maximum Gasteiger partial charge on any atom is 0.228 e. The summed E-state index contributed by atoms with van der Waals surface area (Å²) in [5, 5.41) is 2.80. The third kappa shape index (κ3) is 6.66. The Morgan fingerprint density at radius 2 is 1.93 bits per heavy atom. The molecule has 0 spiro atoms. The summed E-state index contributed by atoms with van der Waals surface area (Å²) in [6.07, 6.45) is 4.40. The average Bonchev–Trinajstić information content (AvgIpc) is 3.31. The zero-order valence-electron chi connectivity index (χ0n) is 14.7. The molecular formula is C19H23Cl2N3O2S.